The number of amides is 1. The monoisotopic (exact) mass is 379 g/mol. The Hall–Kier alpha value is -3.94. The Kier molecular flexibility index (Phi) is 5.81. The fourth-order valence-corrected chi connectivity index (χ4v) is 2.51. The van der Waals surface area contributed by atoms with Crippen molar-refractivity contribution in [2.45, 2.75) is 13.1 Å². The van der Waals surface area contributed by atoms with Crippen LogP contribution in [-0.2, 0) is 17.9 Å². The van der Waals surface area contributed by atoms with E-state index in [1.807, 2.05) is 42.5 Å². The van der Waals surface area contributed by atoms with Gasteiger partial charge >= 0.3 is 0 Å². The van der Waals surface area contributed by atoms with E-state index in [0.29, 0.717) is 11.5 Å². The maximum atomic E-state index is 12.1. The molecule has 0 radical (unpaired) electrons. The van der Waals surface area contributed by atoms with Gasteiger partial charge in [0.1, 0.15) is 18.0 Å². The minimum absolute atomic E-state index is 0.231. The molecule has 0 spiro atoms. The quantitative estimate of drug-likeness (QED) is 0.502. The first-order chi connectivity index (χ1) is 13.5. The van der Waals surface area contributed by atoms with E-state index < -0.39 is 16.4 Å². The van der Waals surface area contributed by atoms with Gasteiger partial charge < -0.3 is 10.1 Å². The molecule has 1 N–H and O–H groups in total. The van der Waals surface area contributed by atoms with Gasteiger partial charge in [0.05, 0.1) is 11.1 Å². The lowest BCUT2D eigenvalue weighted by Crippen LogP contribution is -2.31. The number of nitro groups is 1. The summed E-state index contributed by atoms with van der Waals surface area (Å²) in [5.41, 5.74) is 0.0744. The predicted molar refractivity (Wildman–Crippen MR) is 102 cm³/mol. The molecule has 1 amide bonds. The molecule has 0 saturated heterocycles. The number of carbonyl (C=O) groups excluding carboxylic acids is 1. The molecule has 0 saturated carbocycles. The largest absolute Gasteiger partial charge is 0.457 e. The number of nitrogens with one attached hydrogen (secondary N) is 1. The molecule has 8 nitrogen and oxygen atoms in total. The fourth-order valence-electron chi connectivity index (χ4n) is 2.51. The second-order valence-corrected chi connectivity index (χ2v) is 5.95. The molecule has 0 bridgehead atoms. The Morgan fingerprint density at radius 2 is 1.79 bits per heavy atom. The van der Waals surface area contributed by atoms with Crippen LogP contribution in [0, 0.1) is 10.1 Å². The number of pyridine rings is 1. The van der Waals surface area contributed by atoms with Gasteiger partial charge in [0.2, 0.25) is 5.91 Å². The van der Waals surface area contributed by atoms with Crippen LogP contribution >= 0.6 is 0 Å². The third-order valence-corrected chi connectivity index (χ3v) is 3.86. The highest BCUT2D eigenvalue weighted by molar-refractivity contribution is 5.75. The van der Waals surface area contributed by atoms with E-state index in [4.69, 9.17) is 4.74 Å². The second kappa shape index (κ2) is 8.63. The summed E-state index contributed by atoms with van der Waals surface area (Å²) in [6.07, 6.45) is 1.05. The van der Waals surface area contributed by atoms with Crippen LogP contribution in [0.15, 0.2) is 77.7 Å². The summed E-state index contributed by atoms with van der Waals surface area (Å²) in [4.78, 5) is 34.1. The molecule has 3 aromatic rings. The Labute approximate surface area is 160 Å². The molecule has 28 heavy (non-hydrogen) atoms. The summed E-state index contributed by atoms with van der Waals surface area (Å²) in [6.45, 7) is -0.0742. The summed E-state index contributed by atoms with van der Waals surface area (Å²) in [6, 6.07) is 18.7. The number of hydrogen-bond donors (Lipinski definition) is 1. The Balaban J connectivity index is 1.61. The van der Waals surface area contributed by atoms with Gasteiger partial charge in [-0.15, -0.1) is 0 Å². The van der Waals surface area contributed by atoms with E-state index in [9.17, 15) is 19.7 Å². The Morgan fingerprint density at radius 1 is 1.04 bits per heavy atom. The minimum atomic E-state index is -0.619. The molecule has 0 aliphatic carbocycles. The SMILES string of the molecule is O=C(Cn1cc([N+](=O)[O-])ccc1=O)NCc1cccc(Oc2ccccc2)c1. The maximum Gasteiger partial charge on any atom is 0.285 e. The predicted octanol–water partition coefficient (Wildman–Crippen LogP) is 2.87. The van der Waals surface area contributed by atoms with Crippen LogP contribution in [0.5, 0.6) is 11.5 Å². The number of nitrogens with zero attached hydrogens (tertiary/aromatic N) is 2. The smallest absolute Gasteiger partial charge is 0.285 e. The van der Waals surface area contributed by atoms with Crippen LogP contribution < -0.4 is 15.6 Å². The second-order valence-electron chi connectivity index (χ2n) is 5.95. The number of ether oxygens (including phenoxy) is 1. The van der Waals surface area contributed by atoms with Crippen molar-refractivity contribution in [3.8, 4) is 11.5 Å². The lowest BCUT2D eigenvalue weighted by atomic mass is 10.2. The molecule has 0 unspecified atom stereocenters. The zero-order valence-corrected chi connectivity index (χ0v) is 14.8. The van der Waals surface area contributed by atoms with Gasteiger partial charge in [0, 0.05) is 18.7 Å². The summed E-state index contributed by atoms with van der Waals surface area (Å²) < 4.78 is 6.75. The highest BCUT2D eigenvalue weighted by atomic mass is 16.6. The maximum absolute atomic E-state index is 12.1. The number of rotatable bonds is 7. The number of benzene rings is 2. The van der Waals surface area contributed by atoms with Crippen LogP contribution in [0.25, 0.3) is 0 Å². The first-order valence-electron chi connectivity index (χ1n) is 8.45. The van der Waals surface area contributed by atoms with Crippen LogP contribution in [0.3, 0.4) is 0 Å². The third-order valence-electron chi connectivity index (χ3n) is 3.86. The number of hydrogen-bond acceptors (Lipinski definition) is 5. The average molecular weight is 379 g/mol. The first-order valence-corrected chi connectivity index (χ1v) is 8.45. The van der Waals surface area contributed by atoms with Gasteiger partial charge in [-0.25, -0.2) is 0 Å². The fraction of sp³-hybridized carbons (Fsp3) is 0.100. The number of carbonyl (C=O) groups is 1. The lowest BCUT2D eigenvalue weighted by molar-refractivity contribution is -0.385. The van der Waals surface area contributed by atoms with Crippen LogP contribution in [-0.4, -0.2) is 15.4 Å². The van der Waals surface area contributed by atoms with Crippen molar-refractivity contribution in [2.24, 2.45) is 0 Å². The molecule has 142 valence electrons. The summed E-state index contributed by atoms with van der Waals surface area (Å²) >= 11 is 0. The van der Waals surface area contributed by atoms with Gasteiger partial charge in [-0.05, 0) is 29.8 Å². The Morgan fingerprint density at radius 3 is 2.54 bits per heavy atom. The van der Waals surface area contributed by atoms with Crippen molar-refractivity contribution < 1.29 is 14.5 Å². The van der Waals surface area contributed by atoms with Crippen molar-refractivity contribution in [1.82, 2.24) is 9.88 Å². The van der Waals surface area contributed by atoms with Gasteiger partial charge in [0.25, 0.3) is 11.2 Å². The van der Waals surface area contributed by atoms with E-state index >= 15 is 0 Å². The van der Waals surface area contributed by atoms with E-state index in [0.717, 1.165) is 28.5 Å². The van der Waals surface area contributed by atoms with Crippen LogP contribution in [0.2, 0.25) is 0 Å². The van der Waals surface area contributed by atoms with Gasteiger partial charge in [-0.2, -0.15) is 0 Å². The standard InChI is InChI=1S/C20H17N3O5/c24-19(14-22-13-16(23(26)27)9-10-20(22)25)21-12-15-5-4-8-18(11-15)28-17-6-2-1-3-7-17/h1-11,13H,12,14H2,(H,21,24). The first kappa shape index (κ1) is 18.8. The highest BCUT2D eigenvalue weighted by Gasteiger charge is 2.10. The van der Waals surface area contributed by atoms with Crippen LogP contribution in [0.4, 0.5) is 5.69 Å². The average Bonchev–Trinajstić information content (AvgIpc) is 2.69. The number of para-hydroxylation sites is 1. The van der Waals surface area contributed by atoms with E-state index in [1.54, 1.807) is 12.1 Å². The van der Waals surface area contributed by atoms with E-state index in [2.05, 4.69) is 5.32 Å². The van der Waals surface area contributed by atoms with E-state index in [-0.39, 0.29) is 18.8 Å². The third kappa shape index (κ3) is 5.04. The minimum Gasteiger partial charge on any atom is -0.457 e. The molecule has 0 aliphatic rings. The van der Waals surface area contributed by atoms with Gasteiger partial charge in [-0.1, -0.05) is 30.3 Å². The van der Waals surface area contributed by atoms with Gasteiger partial charge in [0.15, 0.2) is 0 Å². The molecular weight excluding hydrogens is 362 g/mol. The highest BCUT2D eigenvalue weighted by Crippen LogP contribution is 2.21. The molecule has 0 aliphatic heterocycles. The molecule has 8 heteroatoms. The van der Waals surface area contributed by atoms with Crippen molar-refractivity contribution >= 4 is 11.6 Å². The normalized spacial score (nSPS) is 10.3. The summed E-state index contributed by atoms with van der Waals surface area (Å²) in [5, 5.41) is 13.5. The van der Waals surface area contributed by atoms with Crippen molar-refractivity contribution in [3.05, 3.63) is 99.0 Å². The van der Waals surface area contributed by atoms with Crippen molar-refractivity contribution in [1.29, 1.82) is 0 Å². The zero-order chi connectivity index (χ0) is 19.9. The van der Waals surface area contributed by atoms with Crippen molar-refractivity contribution in [3.63, 3.8) is 0 Å². The van der Waals surface area contributed by atoms with E-state index in [1.165, 1.54) is 0 Å². The van der Waals surface area contributed by atoms with Crippen molar-refractivity contribution in [2.75, 3.05) is 0 Å². The molecule has 0 fully saturated rings. The Bertz CT molecular complexity index is 1050. The van der Waals surface area contributed by atoms with Crippen LogP contribution in [0.1, 0.15) is 5.56 Å². The molecule has 3 rings (SSSR count). The topological polar surface area (TPSA) is 103 Å². The summed E-state index contributed by atoms with van der Waals surface area (Å²) in [7, 11) is 0. The molecule has 1 aromatic heterocycles. The lowest BCUT2D eigenvalue weighted by Gasteiger charge is -2.09. The molecule has 1 heterocycles. The molecule has 0 atom stereocenters. The summed E-state index contributed by atoms with van der Waals surface area (Å²) in [5.74, 6) is 0.901. The number of aromatic nitrogens is 1. The van der Waals surface area contributed by atoms with Gasteiger partial charge in [-0.3, -0.25) is 24.3 Å². The molecule has 2 aromatic carbocycles. The zero-order valence-electron chi connectivity index (χ0n) is 14.8. The molecular formula is C20H17N3O5.